The Labute approximate surface area is 72.4 Å². The molecule has 1 heterocycles. The number of rotatable bonds is 0. The van der Waals surface area contributed by atoms with Gasteiger partial charge in [0.25, 0.3) is 5.91 Å². The molecular formula is C9H10BNO. The van der Waals surface area contributed by atoms with Crippen LogP contribution in [-0.2, 0) is 6.42 Å². The van der Waals surface area contributed by atoms with E-state index < -0.39 is 0 Å². The first-order chi connectivity index (χ1) is 5.79. The van der Waals surface area contributed by atoms with Crippen LogP contribution in [0.1, 0.15) is 15.9 Å². The zero-order chi connectivity index (χ0) is 8.55. The zero-order valence-corrected chi connectivity index (χ0v) is 7.05. The van der Waals surface area contributed by atoms with Gasteiger partial charge in [0.1, 0.15) is 7.85 Å². The predicted molar refractivity (Wildman–Crippen MR) is 50.7 cm³/mol. The molecule has 12 heavy (non-hydrogen) atoms. The normalized spacial score (nSPS) is 15.2. The topological polar surface area (TPSA) is 29.1 Å². The van der Waals surface area contributed by atoms with Crippen LogP contribution in [-0.4, -0.2) is 20.3 Å². The smallest absolute Gasteiger partial charge is 0.251 e. The van der Waals surface area contributed by atoms with E-state index in [-0.39, 0.29) is 5.91 Å². The van der Waals surface area contributed by atoms with Gasteiger partial charge in [0, 0.05) is 12.1 Å². The molecule has 1 aliphatic rings. The fourth-order valence-electron chi connectivity index (χ4n) is 1.64. The predicted octanol–water partition coefficient (Wildman–Crippen LogP) is -0.769. The Morgan fingerprint density at radius 3 is 3.00 bits per heavy atom. The maximum atomic E-state index is 11.3. The summed E-state index contributed by atoms with van der Waals surface area (Å²) in [6.07, 6.45) is 0.966. The molecule has 0 aromatic heterocycles. The quantitative estimate of drug-likeness (QED) is 0.495. The van der Waals surface area contributed by atoms with Gasteiger partial charge in [-0.25, -0.2) is 0 Å². The van der Waals surface area contributed by atoms with E-state index in [1.165, 1.54) is 11.0 Å². The first-order valence-corrected chi connectivity index (χ1v) is 4.16. The first kappa shape index (κ1) is 7.41. The summed E-state index contributed by atoms with van der Waals surface area (Å²) in [5.74, 6) is 0.0694. The SMILES string of the molecule is Bc1cccc2c1CCNC2=O. The summed E-state index contributed by atoms with van der Waals surface area (Å²) < 4.78 is 0. The highest BCUT2D eigenvalue weighted by atomic mass is 16.1. The molecule has 1 aliphatic heterocycles. The van der Waals surface area contributed by atoms with Gasteiger partial charge in [-0.3, -0.25) is 4.79 Å². The third-order valence-corrected chi connectivity index (χ3v) is 2.32. The van der Waals surface area contributed by atoms with Crippen molar-refractivity contribution >= 4 is 19.2 Å². The van der Waals surface area contributed by atoms with Crippen molar-refractivity contribution in [3.63, 3.8) is 0 Å². The molecule has 2 nitrogen and oxygen atoms in total. The average Bonchev–Trinajstić information content (AvgIpc) is 2.07. The molecule has 60 valence electrons. The minimum Gasteiger partial charge on any atom is -0.352 e. The Hall–Kier alpha value is -1.25. The van der Waals surface area contributed by atoms with Gasteiger partial charge in [-0.15, -0.1) is 0 Å². The van der Waals surface area contributed by atoms with Crippen LogP contribution in [0.2, 0.25) is 0 Å². The second kappa shape index (κ2) is 2.66. The van der Waals surface area contributed by atoms with Gasteiger partial charge in [0.2, 0.25) is 0 Å². The number of amides is 1. The summed E-state index contributed by atoms with van der Waals surface area (Å²) in [7, 11) is 2.05. The molecule has 1 aromatic rings. The Morgan fingerprint density at radius 2 is 2.25 bits per heavy atom. The third-order valence-electron chi connectivity index (χ3n) is 2.32. The van der Waals surface area contributed by atoms with Crippen LogP contribution in [0, 0.1) is 0 Å². The molecule has 0 atom stereocenters. The maximum absolute atomic E-state index is 11.3. The van der Waals surface area contributed by atoms with Crippen molar-refractivity contribution in [1.29, 1.82) is 0 Å². The van der Waals surface area contributed by atoms with E-state index >= 15 is 0 Å². The highest BCUT2D eigenvalue weighted by Gasteiger charge is 2.16. The lowest BCUT2D eigenvalue weighted by atomic mass is 9.84. The highest BCUT2D eigenvalue weighted by molar-refractivity contribution is 6.34. The van der Waals surface area contributed by atoms with Gasteiger partial charge >= 0.3 is 0 Å². The van der Waals surface area contributed by atoms with Gasteiger partial charge in [-0.1, -0.05) is 17.6 Å². The summed E-state index contributed by atoms with van der Waals surface area (Å²) in [6, 6.07) is 5.87. The Kier molecular flexibility index (Phi) is 1.64. The molecule has 0 saturated heterocycles. The zero-order valence-electron chi connectivity index (χ0n) is 7.05. The number of nitrogens with one attached hydrogen (secondary N) is 1. The van der Waals surface area contributed by atoms with E-state index in [0.717, 1.165) is 18.5 Å². The molecule has 3 heteroatoms. The molecule has 0 radical (unpaired) electrons. The standard InChI is InChI=1S/C9H10BNO/c10-8-3-1-2-7-6(8)4-5-11-9(7)12/h1-3H,4-5,10H2,(H,11,12). The Bertz CT molecular complexity index is 335. The fourth-order valence-corrected chi connectivity index (χ4v) is 1.64. The lowest BCUT2D eigenvalue weighted by Gasteiger charge is -2.17. The number of fused-ring (bicyclic) bond motifs is 1. The van der Waals surface area contributed by atoms with Gasteiger partial charge in [0.05, 0.1) is 0 Å². The fraction of sp³-hybridized carbons (Fsp3) is 0.222. The second-order valence-corrected chi connectivity index (χ2v) is 3.11. The first-order valence-electron chi connectivity index (χ1n) is 4.16. The average molecular weight is 159 g/mol. The van der Waals surface area contributed by atoms with Crippen molar-refractivity contribution in [3.05, 3.63) is 29.3 Å². The van der Waals surface area contributed by atoms with Crippen LogP contribution in [0.3, 0.4) is 0 Å². The van der Waals surface area contributed by atoms with Crippen molar-refractivity contribution < 1.29 is 4.79 Å². The van der Waals surface area contributed by atoms with E-state index in [2.05, 4.69) is 19.2 Å². The summed E-state index contributed by atoms with van der Waals surface area (Å²) in [5.41, 5.74) is 3.28. The van der Waals surface area contributed by atoms with Crippen LogP contribution in [0.5, 0.6) is 0 Å². The summed E-state index contributed by atoms with van der Waals surface area (Å²) >= 11 is 0. The lowest BCUT2D eigenvalue weighted by molar-refractivity contribution is 0.0946. The number of hydrogen-bond donors (Lipinski definition) is 1. The molecule has 0 fully saturated rings. The van der Waals surface area contributed by atoms with Crippen molar-refractivity contribution in [1.82, 2.24) is 5.32 Å². The highest BCUT2D eigenvalue weighted by Crippen LogP contribution is 2.09. The second-order valence-electron chi connectivity index (χ2n) is 3.11. The Balaban J connectivity index is 2.59. The van der Waals surface area contributed by atoms with Gasteiger partial charge in [-0.2, -0.15) is 0 Å². The number of carbonyl (C=O) groups excluding carboxylic acids is 1. The maximum Gasteiger partial charge on any atom is 0.251 e. The number of carbonyl (C=O) groups is 1. The van der Waals surface area contributed by atoms with Crippen molar-refractivity contribution in [2.45, 2.75) is 6.42 Å². The van der Waals surface area contributed by atoms with Crippen molar-refractivity contribution in [2.75, 3.05) is 6.54 Å². The largest absolute Gasteiger partial charge is 0.352 e. The molecule has 0 aliphatic carbocycles. The van der Waals surface area contributed by atoms with Gasteiger partial charge in [-0.05, 0) is 18.1 Å². The van der Waals surface area contributed by atoms with Crippen LogP contribution in [0.25, 0.3) is 0 Å². The number of benzene rings is 1. The van der Waals surface area contributed by atoms with Crippen molar-refractivity contribution in [2.24, 2.45) is 0 Å². The Morgan fingerprint density at radius 1 is 1.42 bits per heavy atom. The molecule has 0 spiro atoms. The third kappa shape index (κ3) is 1.02. The van der Waals surface area contributed by atoms with Crippen LogP contribution >= 0.6 is 0 Å². The monoisotopic (exact) mass is 159 g/mol. The van der Waals surface area contributed by atoms with Gasteiger partial charge < -0.3 is 5.32 Å². The van der Waals surface area contributed by atoms with Gasteiger partial charge in [0.15, 0.2) is 0 Å². The minimum absolute atomic E-state index is 0.0694. The lowest BCUT2D eigenvalue weighted by Crippen LogP contribution is -2.35. The van der Waals surface area contributed by atoms with E-state index in [4.69, 9.17) is 0 Å². The van der Waals surface area contributed by atoms with E-state index in [1.54, 1.807) is 0 Å². The van der Waals surface area contributed by atoms with Crippen LogP contribution < -0.4 is 10.8 Å². The molecule has 1 N–H and O–H groups in total. The molecule has 0 unspecified atom stereocenters. The molecule has 1 aromatic carbocycles. The van der Waals surface area contributed by atoms with E-state index in [1.807, 2.05) is 12.1 Å². The molecule has 2 rings (SSSR count). The summed E-state index contributed by atoms with van der Waals surface area (Å²) in [6.45, 7) is 0.774. The number of hydrogen-bond acceptors (Lipinski definition) is 1. The van der Waals surface area contributed by atoms with Crippen LogP contribution in [0.4, 0.5) is 0 Å². The van der Waals surface area contributed by atoms with E-state index in [0.29, 0.717) is 0 Å². The van der Waals surface area contributed by atoms with E-state index in [9.17, 15) is 4.79 Å². The summed E-state index contributed by atoms with van der Waals surface area (Å²) in [5, 5.41) is 2.83. The molecule has 0 saturated carbocycles. The van der Waals surface area contributed by atoms with Crippen LogP contribution in [0.15, 0.2) is 18.2 Å². The molecule has 1 amide bonds. The van der Waals surface area contributed by atoms with Crippen molar-refractivity contribution in [3.8, 4) is 0 Å². The molecular weight excluding hydrogens is 149 g/mol. The summed E-state index contributed by atoms with van der Waals surface area (Å²) in [4.78, 5) is 11.3. The molecule has 0 bridgehead atoms. The minimum atomic E-state index is 0.0694.